The fourth-order valence-electron chi connectivity index (χ4n) is 0.529. The van der Waals surface area contributed by atoms with Crippen LogP contribution in [-0.4, -0.2) is 12.1 Å². The van der Waals surface area contributed by atoms with Gasteiger partial charge in [-0.2, -0.15) is 0 Å². The smallest absolute Gasteiger partial charge is 0.0822 e. The molecule has 0 aromatic carbocycles. The van der Waals surface area contributed by atoms with Crippen LogP contribution in [0.1, 0.15) is 32.6 Å². The summed E-state index contributed by atoms with van der Waals surface area (Å²) in [4.78, 5) is 0. The summed E-state index contributed by atoms with van der Waals surface area (Å²) in [6.07, 6.45) is 4.44. The first-order valence-corrected chi connectivity index (χ1v) is 3.00. The zero-order valence-corrected chi connectivity index (χ0v) is 5.39. The van der Waals surface area contributed by atoms with Crippen LogP contribution in [0.3, 0.4) is 0 Å². The Bertz CT molecular complexity index is 25.7. The van der Waals surface area contributed by atoms with E-state index in [1.54, 1.807) is 0 Å². The van der Waals surface area contributed by atoms with Crippen LogP contribution >= 0.6 is 0 Å². The van der Waals surface area contributed by atoms with Crippen molar-refractivity contribution in [1.29, 1.82) is 0 Å². The van der Waals surface area contributed by atoms with Gasteiger partial charge < -0.3 is 0 Å². The lowest BCUT2D eigenvalue weighted by Gasteiger charge is -1.89. The number of unbranched alkanes of at least 4 members (excludes halogenated alkanes) is 3. The molecule has 0 saturated carbocycles. The van der Waals surface area contributed by atoms with Crippen molar-refractivity contribution >= 4 is 0 Å². The zero-order chi connectivity index (χ0) is 5.54. The highest BCUT2D eigenvalue weighted by molar-refractivity contribution is 4.35. The topological polar surface area (TPSA) is 49.9 Å². The summed E-state index contributed by atoms with van der Waals surface area (Å²) >= 11 is 0. The maximum absolute atomic E-state index is 9.80. The molecule has 0 bridgehead atoms. The van der Waals surface area contributed by atoms with E-state index in [2.05, 4.69) is 6.92 Å². The van der Waals surface area contributed by atoms with Gasteiger partial charge in [0.15, 0.2) is 0 Å². The van der Waals surface area contributed by atoms with Crippen LogP contribution in [0.5, 0.6) is 0 Å². The van der Waals surface area contributed by atoms with Crippen molar-refractivity contribution in [2.45, 2.75) is 32.6 Å². The van der Waals surface area contributed by atoms with Crippen LogP contribution in [0.25, 0.3) is 0 Å². The van der Waals surface area contributed by atoms with Crippen molar-refractivity contribution in [2.75, 3.05) is 6.61 Å². The molecule has 0 spiro atoms. The summed E-state index contributed by atoms with van der Waals surface area (Å²) in [5, 5.41) is 9.80. The molecule has 0 atom stereocenters. The van der Waals surface area contributed by atoms with Crippen LogP contribution in [0.4, 0.5) is 0 Å². The van der Waals surface area contributed by atoms with E-state index in [-0.39, 0.29) is 12.1 Å². The predicted octanol–water partition coefficient (Wildman–Crippen LogP) is 1.82. The minimum absolute atomic E-state index is 0. The molecule has 0 heterocycles. The molecule has 8 heavy (non-hydrogen) atoms. The summed E-state index contributed by atoms with van der Waals surface area (Å²) in [5.74, 6) is 0. The second kappa shape index (κ2) is 10.0. The second-order valence-corrected chi connectivity index (χ2v) is 1.76. The highest BCUT2D eigenvalue weighted by atomic mass is 16.2. The molecule has 0 unspecified atom stereocenters. The molecule has 50 valence electrons. The van der Waals surface area contributed by atoms with Gasteiger partial charge in [0.25, 0.3) is 0 Å². The number of hydrogen-bond donors (Lipinski definition) is 1. The summed E-state index contributed by atoms with van der Waals surface area (Å²) in [6, 6.07) is 0. The predicted molar refractivity (Wildman–Crippen MR) is 31.6 cm³/mol. The molecule has 0 aliphatic carbocycles. The molecule has 0 aromatic heterocycles. The van der Waals surface area contributed by atoms with Gasteiger partial charge in [-0.1, -0.05) is 26.2 Å². The molecule has 0 aliphatic heterocycles. The molecule has 0 amide bonds. The van der Waals surface area contributed by atoms with Crippen LogP contribution in [0, 0.1) is 0 Å². The van der Waals surface area contributed by atoms with Gasteiger partial charge in [0.05, 0.1) is 6.61 Å². The SMILES string of the molecule is CCCCCC[O].[OH]. The van der Waals surface area contributed by atoms with Crippen molar-refractivity contribution in [1.82, 2.24) is 0 Å². The van der Waals surface area contributed by atoms with Crippen LogP contribution < -0.4 is 0 Å². The Morgan fingerprint density at radius 1 is 1.12 bits per heavy atom. The Balaban J connectivity index is 0. The third-order valence-corrected chi connectivity index (χ3v) is 0.998. The van der Waals surface area contributed by atoms with Gasteiger partial charge in [0, 0.05) is 0 Å². The Morgan fingerprint density at radius 3 is 2.12 bits per heavy atom. The first-order chi connectivity index (χ1) is 3.41. The maximum Gasteiger partial charge on any atom is 0.0822 e. The summed E-state index contributed by atoms with van der Waals surface area (Å²) in [6.45, 7) is 2.25. The average molecular weight is 118 g/mol. The molecule has 1 N–H and O–H groups in total. The highest BCUT2D eigenvalue weighted by Crippen LogP contribution is 1.96. The van der Waals surface area contributed by atoms with Crippen LogP contribution in [0.15, 0.2) is 0 Å². The minimum atomic E-state index is 0. The average Bonchev–Trinajstić information content (AvgIpc) is 1.69. The zero-order valence-electron chi connectivity index (χ0n) is 5.39. The van der Waals surface area contributed by atoms with Gasteiger partial charge in [-0.15, -0.1) is 0 Å². The third-order valence-electron chi connectivity index (χ3n) is 0.998. The number of rotatable bonds is 4. The van der Waals surface area contributed by atoms with E-state index in [1.807, 2.05) is 0 Å². The van der Waals surface area contributed by atoms with Crippen LogP contribution in [-0.2, 0) is 5.11 Å². The van der Waals surface area contributed by atoms with Crippen molar-refractivity contribution in [3.05, 3.63) is 0 Å². The molecular formula is C6H14O2. The third kappa shape index (κ3) is 9.33. The maximum atomic E-state index is 9.80. The Labute approximate surface area is 50.8 Å². The summed E-state index contributed by atoms with van der Waals surface area (Å²) in [5.41, 5.74) is 0. The van der Waals surface area contributed by atoms with Gasteiger partial charge in [0.1, 0.15) is 0 Å². The molecule has 0 aromatic rings. The van der Waals surface area contributed by atoms with Gasteiger partial charge in [-0.3, -0.25) is 5.48 Å². The quantitative estimate of drug-likeness (QED) is 0.547. The van der Waals surface area contributed by atoms with Gasteiger partial charge in [-0.25, -0.2) is 5.11 Å². The molecule has 0 fully saturated rings. The largest absolute Gasteiger partial charge is 0.255 e. The fraction of sp³-hybridized carbons (Fsp3) is 1.00. The molecule has 0 aliphatic rings. The lowest BCUT2D eigenvalue weighted by molar-refractivity contribution is 0.186. The Kier molecular flexibility index (Phi) is 13.6. The standard InChI is InChI=1S/C6H13O.HO/c1-2-3-4-5-6-7;/h2-6H2,1H3;1H. The van der Waals surface area contributed by atoms with E-state index in [9.17, 15) is 5.11 Å². The van der Waals surface area contributed by atoms with Gasteiger partial charge >= 0.3 is 0 Å². The van der Waals surface area contributed by atoms with Crippen molar-refractivity contribution in [3.8, 4) is 0 Å². The Morgan fingerprint density at radius 2 is 1.75 bits per heavy atom. The lowest BCUT2D eigenvalue weighted by atomic mass is 10.2. The second-order valence-electron chi connectivity index (χ2n) is 1.76. The normalized spacial score (nSPS) is 8.25. The molecule has 0 saturated heterocycles. The van der Waals surface area contributed by atoms with E-state index < -0.39 is 0 Å². The highest BCUT2D eigenvalue weighted by Gasteiger charge is 1.82. The Hall–Kier alpha value is -0.0800. The molecule has 2 nitrogen and oxygen atoms in total. The van der Waals surface area contributed by atoms with Gasteiger partial charge in [-0.05, 0) is 6.42 Å². The first-order valence-electron chi connectivity index (χ1n) is 3.00. The van der Waals surface area contributed by atoms with Crippen molar-refractivity contribution in [3.63, 3.8) is 0 Å². The molecular weight excluding hydrogens is 104 g/mol. The molecule has 2 heteroatoms. The molecule has 2 radical (unpaired) electrons. The molecule has 0 rings (SSSR count). The summed E-state index contributed by atoms with van der Waals surface area (Å²) in [7, 11) is 0. The monoisotopic (exact) mass is 118 g/mol. The van der Waals surface area contributed by atoms with E-state index in [0.29, 0.717) is 0 Å². The fourth-order valence-corrected chi connectivity index (χ4v) is 0.529. The number of hydrogen-bond acceptors (Lipinski definition) is 0. The van der Waals surface area contributed by atoms with Crippen molar-refractivity contribution < 1.29 is 10.6 Å². The van der Waals surface area contributed by atoms with E-state index in [0.717, 1.165) is 12.8 Å². The summed E-state index contributed by atoms with van der Waals surface area (Å²) < 4.78 is 0. The lowest BCUT2D eigenvalue weighted by Crippen LogP contribution is -1.78. The van der Waals surface area contributed by atoms with Crippen LogP contribution in [0.2, 0.25) is 0 Å². The van der Waals surface area contributed by atoms with Crippen molar-refractivity contribution in [2.24, 2.45) is 0 Å². The van der Waals surface area contributed by atoms with E-state index in [1.165, 1.54) is 12.8 Å². The van der Waals surface area contributed by atoms with Gasteiger partial charge in [0.2, 0.25) is 0 Å². The van der Waals surface area contributed by atoms with E-state index >= 15 is 0 Å². The van der Waals surface area contributed by atoms with E-state index in [4.69, 9.17) is 0 Å². The first kappa shape index (κ1) is 10.8. The minimum Gasteiger partial charge on any atom is -0.255 e.